The Morgan fingerprint density at radius 1 is 1.79 bits per heavy atom. The number of aromatic nitrogens is 2. The Bertz CT molecular complexity index is 333. The summed E-state index contributed by atoms with van der Waals surface area (Å²) in [7, 11) is 0. The van der Waals surface area contributed by atoms with Gasteiger partial charge in [0.2, 0.25) is 0 Å². The quantitative estimate of drug-likeness (QED) is 0.668. The molecule has 2 rings (SSSR count). The molecule has 0 spiro atoms. The first-order valence-electron chi connectivity index (χ1n) is 4.85. The van der Waals surface area contributed by atoms with Crippen LogP contribution >= 0.6 is 12.2 Å². The van der Waals surface area contributed by atoms with Crippen LogP contribution in [0.25, 0.3) is 0 Å². The highest BCUT2D eigenvalue weighted by Gasteiger charge is 2.18. The van der Waals surface area contributed by atoms with E-state index in [1.54, 1.807) is 0 Å². The molecule has 0 saturated carbocycles. The normalized spacial score (nSPS) is 15.1. The van der Waals surface area contributed by atoms with Gasteiger partial charge in [-0.2, -0.15) is 5.10 Å². The monoisotopic (exact) mass is 210 g/mol. The molecule has 0 bridgehead atoms. The second kappa shape index (κ2) is 3.96. The Labute approximate surface area is 88.7 Å². The summed E-state index contributed by atoms with van der Waals surface area (Å²) >= 11 is 5.26. The molecule has 0 amide bonds. The van der Waals surface area contributed by atoms with Gasteiger partial charge in [0.1, 0.15) is 0 Å². The maximum absolute atomic E-state index is 5.26. The molecule has 5 heteroatoms. The fourth-order valence-electron chi connectivity index (χ4n) is 1.65. The number of hydrogen-bond donors (Lipinski definition) is 2. The Morgan fingerprint density at radius 2 is 2.64 bits per heavy atom. The molecular weight excluding hydrogens is 196 g/mol. The minimum Gasteiger partial charge on any atom is -0.363 e. The van der Waals surface area contributed by atoms with Gasteiger partial charge in [0, 0.05) is 13.1 Å². The molecule has 1 aliphatic rings. The average molecular weight is 210 g/mol. The lowest BCUT2D eigenvalue weighted by atomic mass is 10.1. The summed E-state index contributed by atoms with van der Waals surface area (Å²) < 4.78 is 0. The van der Waals surface area contributed by atoms with Crippen LogP contribution in [0.1, 0.15) is 18.2 Å². The molecule has 14 heavy (non-hydrogen) atoms. The van der Waals surface area contributed by atoms with E-state index < -0.39 is 0 Å². The Morgan fingerprint density at radius 3 is 3.43 bits per heavy atom. The molecule has 0 aliphatic carbocycles. The van der Waals surface area contributed by atoms with Gasteiger partial charge in [0.05, 0.1) is 18.4 Å². The van der Waals surface area contributed by atoms with E-state index in [-0.39, 0.29) is 0 Å². The van der Waals surface area contributed by atoms with Gasteiger partial charge >= 0.3 is 0 Å². The van der Waals surface area contributed by atoms with Crippen LogP contribution in [0.4, 0.5) is 0 Å². The van der Waals surface area contributed by atoms with E-state index in [0.717, 1.165) is 31.2 Å². The Balaban J connectivity index is 2.04. The van der Waals surface area contributed by atoms with Crippen LogP contribution < -0.4 is 5.32 Å². The van der Waals surface area contributed by atoms with Crippen LogP contribution in [-0.4, -0.2) is 33.3 Å². The smallest absolute Gasteiger partial charge is 0.169 e. The second-order valence-corrected chi connectivity index (χ2v) is 3.77. The van der Waals surface area contributed by atoms with Gasteiger partial charge in [0.25, 0.3) is 0 Å². The molecule has 0 unspecified atom stereocenters. The molecule has 0 radical (unpaired) electrons. The Hall–Kier alpha value is -1.10. The van der Waals surface area contributed by atoms with Gasteiger partial charge in [0.15, 0.2) is 5.11 Å². The highest BCUT2D eigenvalue weighted by atomic mass is 32.1. The highest BCUT2D eigenvalue weighted by molar-refractivity contribution is 7.80. The minimum absolute atomic E-state index is 0.841. The lowest BCUT2D eigenvalue weighted by Crippen LogP contribution is -2.42. The molecule has 0 fully saturated rings. The molecule has 0 saturated heterocycles. The zero-order chi connectivity index (χ0) is 9.97. The lowest BCUT2D eigenvalue weighted by molar-refractivity contribution is 0.383. The zero-order valence-electron chi connectivity index (χ0n) is 8.21. The summed E-state index contributed by atoms with van der Waals surface area (Å²) in [6.07, 6.45) is 2.93. The average Bonchev–Trinajstić information content (AvgIpc) is 2.64. The first kappa shape index (κ1) is 9.45. The number of H-pyrrole nitrogens is 1. The summed E-state index contributed by atoms with van der Waals surface area (Å²) in [4.78, 5) is 2.17. The summed E-state index contributed by atoms with van der Waals surface area (Å²) in [6.45, 7) is 4.77. The van der Waals surface area contributed by atoms with E-state index in [4.69, 9.17) is 12.2 Å². The maximum Gasteiger partial charge on any atom is 0.169 e. The second-order valence-electron chi connectivity index (χ2n) is 3.38. The van der Waals surface area contributed by atoms with Crippen molar-refractivity contribution in [2.24, 2.45) is 0 Å². The molecule has 0 aromatic carbocycles. The van der Waals surface area contributed by atoms with E-state index in [2.05, 4.69) is 27.3 Å². The van der Waals surface area contributed by atoms with Crippen molar-refractivity contribution in [1.29, 1.82) is 0 Å². The number of nitrogens with zero attached hydrogens (tertiary/aromatic N) is 2. The molecule has 2 heterocycles. The SMILES string of the molecule is CCNC(=S)N1CCc2cn[nH]c2C1. The van der Waals surface area contributed by atoms with Gasteiger partial charge in [-0.3, -0.25) is 5.10 Å². The first-order chi connectivity index (χ1) is 6.81. The highest BCUT2D eigenvalue weighted by Crippen LogP contribution is 2.15. The largest absolute Gasteiger partial charge is 0.363 e. The van der Waals surface area contributed by atoms with Crippen molar-refractivity contribution in [3.05, 3.63) is 17.5 Å². The summed E-state index contributed by atoms with van der Waals surface area (Å²) in [6, 6.07) is 0. The topological polar surface area (TPSA) is 44.0 Å². The van der Waals surface area contributed by atoms with Crippen molar-refractivity contribution in [1.82, 2.24) is 20.4 Å². The molecular formula is C9H14N4S. The van der Waals surface area contributed by atoms with Crippen LogP contribution in [0.3, 0.4) is 0 Å². The van der Waals surface area contributed by atoms with Gasteiger partial charge in [-0.25, -0.2) is 0 Å². The zero-order valence-corrected chi connectivity index (χ0v) is 9.02. The predicted molar refractivity (Wildman–Crippen MR) is 59.0 cm³/mol. The van der Waals surface area contributed by atoms with Crippen LogP contribution in [0.2, 0.25) is 0 Å². The predicted octanol–water partition coefficient (Wildman–Crippen LogP) is 0.662. The third-order valence-electron chi connectivity index (χ3n) is 2.42. The van der Waals surface area contributed by atoms with Crippen molar-refractivity contribution in [2.45, 2.75) is 19.9 Å². The number of nitrogens with one attached hydrogen (secondary N) is 2. The van der Waals surface area contributed by atoms with Crippen molar-refractivity contribution in [3.63, 3.8) is 0 Å². The summed E-state index contributed by atoms with van der Waals surface area (Å²) in [5, 5.41) is 11.0. The number of thiocarbonyl (C=S) groups is 1. The lowest BCUT2D eigenvalue weighted by Gasteiger charge is -2.28. The van der Waals surface area contributed by atoms with Gasteiger partial charge in [-0.05, 0) is 31.1 Å². The maximum atomic E-state index is 5.26. The first-order valence-corrected chi connectivity index (χ1v) is 5.26. The van der Waals surface area contributed by atoms with Gasteiger partial charge in [-0.15, -0.1) is 0 Å². The molecule has 76 valence electrons. The van der Waals surface area contributed by atoms with E-state index in [9.17, 15) is 0 Å². The van der Waals surface area contributed by atoms with E-state index in [1.165, 1.54) is 11.3 Å². The van der Waals surface area contributed by atoms with E-state index in [1.807, 2.05) is 6.20 Å². The van der Waals surface area contributed by atoms with Crippen molar-refractivity contribution in [2.75, 3.05) is 13.1 Å². The van der Waals surface area contributed by atoms with Gasteiger partial charge < -0.3 is 10.2 Å². The Kier molecular flexibility index (Phi) is 2.67. The number of fused-ring (bicyclic) bond motifs is 1. The molecule has 1 aromatic rings. The van der Waals surface area contributed by atoms with Crippen molar-refractivity contribution < 1.29 is 0 Å². The number of rotatable bonds is 1. The third-order valence-corrected chi connectivity index (χ3v) is 2.83. The number of hydrogen-bond acceptors (Lipinski definition) is 2. The summed E-state index contributed by atoms with van der Waals surface area (Å²) in [5.41, 5.74) is 2.51. The van der Waals surface area contributed by atoms with Crippen molar-refractivity contribution in [3.8, 4) is 0 Å². The van der Waals surface area contributed by atoms with E-state index >= 15 is 0 Å². The van der Waals surface area contributed by atoms with Crippen molar-refractivity contribution >= 4 is 17.3 Å². The van der Waals surface area contributed by atoms with Crippen LogP contribution in [0.5, 0.6) is 0 Å². The van der Waals surface area contributed by atoms with Crippen LogP contribution in [0, 0.1) is 0 Å². The summed E-state index contributed by atoms with van der Waals surface area (Å²) in [5.74, 6) is 0. The fraction of sp³-hybridized carbons (Fsp3) is 0.556. The fourth-order valence-corrected chi connectivity index (χ4v) is 1.95. The van der Waals surface area contributed by atoms with Crippen LogP contribution in [-0.2, 0) is 13.0 Å². The number of aromatic amines is 1. The van der Waals surface area contributed by atoms with Crippen LogP contribution in [0.15, 0.2) is 6.20 Å². The third kappa shape index (κ3) is 1.72. The van der Waals surface area contributed by atoms with Gasteiger partial charge in [-0.1, -0.05) is 0 Å². The molecule has 0 atom stereocenters. The van der Waals surface area contributed by atoms with E-state index in [0.29, 0.717) is 0 Å². The molecule has 2 N–H and O–H groups in total. The molecule has 1 aromatic heterocycles. The molecule has 1 aliphatic heterocycles. The molecule has 4 nitrogen and oxygen atoms in total. The minimum atomic E-state index is 0.841. The standard InChI is InChI=1S/C9H14N4S/c1-2-10-9(14)13-4-3-7-5-11-12-8(7)6-13/h5H,2-4,6H2,1H3,(H,10,14)(H,11,12).